The molecule has 3 aromatic rings. The van der Waals surface area contributed by atoms with E-state index in [9.17, 15) is 4.79 Å². The number of hydrogen-bond acceptors (Lipinski definition) is 4. The molecule has 1 aliphatic rings. The Bertz CT molecular complexity index is 898. The Balaban J connectivity index is 1.37. The highest BCUT2D eigenvalue weighted by molar-refractivity contribution is 5.88. The Labute approximate surface area is 152 Å². The predicted molar refractivity (Wildman–Crippen MR) is 102 cm³/mol. The quantitative estimate of drug-likeness (QED) is 0.743. The lowest BCUT2D eigenvalue weighted by atomic mass is 10.1. The van der Waals surface area contributed by atoms with Crippen molar-refractivity contribution in [2.75, 3.05) is 18.0 Å². The van der Waals surface area contributed by atoms with Crippen molar-refractivity contribution in [3.8, 4) is 0 Å². The van der Waals surface area contributed by atoms with Crippen LogP contribution in [-0.2, 0) is 17.8 Å². The summed E-state index contributed by atoms with van der Waals surface area (Å²) in [5.41, 5.74) is 2.05. The van der Waals surface area contributed by atoms with E-state index in [1.807, 2.05) is 36.5 Å². The standard InChI is InChI=1S/C20H23N5O/c26-20(12-15-13-22-17-7-3-2-6-16(15)17)23-14-18-21-9-8-19(24-18)25-10-4-1-5-11-25/h2-3,6-9,13,22H,1,4-5,10-12,14H2,(H,23,26). The minimum atomic E-state index is -0.0262. The number of fused-ring (bicyclic) bond motifs is 1. The number of aromatic nitrogens is 3. The minimum absolute atomic E-state index is 0.0262. The Morgan fingerprint density at radius 2 is 2.00 bits per heavy atom. The zero-order valence-electron chi connectivity index (χ0n) is 14.7. The van der Waals surface area contributed by atoms with Gasteiger partial charge in [0.2, 0.25) is 5.91 Å². The third kappa shape index (κ3) is 3.69. The number of anilines is 1. The fourth-order valence-corrected chi connectivity index (χ4v) is 3.46. The number of carbonyl (C=O) groups excluding carboxylic acids is 1. The summed E-state index contributed by atoms with van der Waals surface area (Å²) in [5.74, 6) is 1.59. The summed E-state index contributed by atoms with van der Waals surface area (Å²) in [5, 5.41) is 4.02. The van der Waals surface area contributed by atoms with Gasteiger partial charge in [-0.15, -0.1) is 0 Å². The highest BCUT2D eigenvalue weighted by atomic mass is 16.1. The van der Waals surface area contributed by atoms with Crippen molar-refractivity contribution >= 4 is 22.6 Å². The Kier molecular flexibility index (Phi) is 4.82. The summed E-state index contributed by atoms with van der Waals surface area (Å²) in [4.78, 5) is 26.7. The van der Waals surface area contributed by atoms with Gasteiger partial charge in [-0.2, -0.15) is 0 Å². The number of amides is 1. The second kappa shape index (κ2) is 7.56. The number of H-pyrrole nitrogens is 1. The summed E-state index contributed by atoms with van der Waals surface area (Å²) in [7, 11) is 0. The number of nitrogens with one attached hydrogen (secondary N) is 2. The van der Waals surface area contributed by atoms with Crippen molar-refractivity contribution in [2.45, 2.75) is 32.2 Å². The number of piperidine rings is 1. The van der Waals surface area contributed by atoms with Gasteiger partial charge in [0.1, 0.15) is 11.6 Å². The van der Waals surface area contributed by atoms with Crippen molar-refractivity contribution in [3.63, 3.8) is 0 Å². The van der Waals surface area contributed by atoms with Gasteiger partial charge in [0, 0.05) is 36.4 Å². The molecule has 2 aromatic heterocycles. The van der Waals surface area contributed by atoms with Crippen LogP contribution in [0.4, 0.5) is 5.82 Å². The first kappa shape index (κ1) is 16.6. The minimum Gasteiger partial charge on any atom is -0.361 e. The third-order valence-corrected chi connectivity index (χ3v) is 4.84. The average molecular weight is 349 g/mol. The largest absolute Gasteiger partial charge is 0.361 e. The number of carbonyl (C=O) groups is 1. The first-order valence-electron chi connectivity index (χ1n) is 9.18. The van der Waals surface area contributed by atoms with Gasteiger partial charge in [-0.25, -0.2) is 9.97 Å². The molecule has 0 radical (unpaired) electrons. The Hall–Kier alpha value is -2.89. The van der Waals surface area contributed by atoms with E-state index >= 15 is 0 Å². The van der Waals surface area contributed by atoms with E-state index in [2.05, 4.69) is 25.2 Å². The third-order valence-electron chi connectivity index (χ3n) is 4.84. The van der Waals surface area contributed by atoms with Gasteiger partial charge in [-0.3, -0.25) is 4.79 Å². The molecule has 0 saturated carbocycles. The predicted octanol–water partition coefficient (Wildman–Crippen LogP) is 2.81. The monoisotopic (exact) mass is 349 g/mol. The molecule has 6 heteroatoms. The summed E-state index contributed by atoms with van der Waals surface area (Å²) in [6.45, 7) is 2.44. The summed E-state index contributed by atoms with van der Waals surface area (Å²) >= 11 is 0. The van der Waals surface area contributed by atoms with E-state index in [-0.39, 0.29) is 5.91 Å². The maximum absolute atomic E-state index is 12.3. The highest BCUT2D eigenvalue weighted by Gasteiger charge is 2.13. The second-order valence-electron chi connectivity index (χ2n) is 6.69. The lowest BCUT2D eigenvalue weighted by Crippen LogP contribution is -2.31. The highest BCUT2D eigenvalue weighted by Crippen LogP contribution is 2.18. The van der Waals surface area contributed by atoms with Crippen LogP contribution in [0.25, 0.3) is 10.9 Å². The molecule has 0 aliphatic carbocycles. The van der Waals surface area contributed by atoms with E-state index in [1.54, 1.807) is 6.20 Å². The van der Waals surface area contributed by atoms with E-state index < -0.39 is 0 Å². The summed E-state index contributed by atoms with van der Waals surface area (Å²) in [6.07, 6.45) is 7.73. The zero-order valence-corrected chi connectivity index (χ0v) is 14.7. The molecule has 26 heavy (non-hydrogen) atoms. The van der Waals surface area contributed by atoms with Crippen LogP contribution < -0.4 is 10.2 Å². The second-order valence-corrected chi connectivity index (χ2v) is 6.69. The van der Waals surface area contributed by atoms with Gasteiger partial charge >= 0.3 is 0 Å². The number of nitrogens with zero attached hydrogens (tertiary/aromatic N) is 3. The van der Waals surface area contributed by atoms with Crippen molar-refractivity contribution < 1.29 is 4.79 Å². The fourth-order valence-electron chi connectivity index (χ4n) is 3.46. The van der Waals surface area contributed by atoms with Crippen LogP contribution in [0.2, 0.25) is 0 Å². The van der Waals surface area contributed by atoms with E-state index in [1.165, 1.54) is 19.3 Å². The van der Waals surface area contributed by atoms with Crippen LogP contribution in [0.15, 0.2) is 42.7 Å². The van der Waals surface area contributed by atoms with Gasteiger partial charge in [0.15, 0.2) is 0 Å². The molecular weight excluding hydrogens is 326 g/mol. The first-order valence-corrected chi connectivity index (χ1v) is 9.18. The van der Waals surface area contributed by atoms with Crippen molar-refractivity contribution in [3.05, 3.63) is 54.1 Å². The molecule has 1 aromatic carbocycles. The van der Waals surface area contributed by atoms with E-state index in [4.69, 9.17) is 0 Å². The zero-order chi connectivity index (χ0) is 17.8. The molecule has 2 N–H and O–H groups in total. The van der Waals surface area contributed by atoms with Gasteiger partial charge in [-0.1, -0.05) is 18.2 Å². The van der Waals surface area contributed by atoms with Crippen LogP contribution in [0.1, 0.15) is 30.7 Å². The fraction of sp³-hybridized carbons (Fsp3) is 0.350. The van der Waals surface area contributed by atoms with Crippen molar-refractivity contribution in [2.24, 2.45) is 0 Å². The maximum Gasteiger partial charge on any atom is 0.224 e. The molecule has 1 saturated heterocycles. The van der Waals surface area contributed by atoms with E-state index in [0.29, 0.717) is 18.8 Å². The number of rotatable bonds is 5. The number of benzene rings is 1. The van der Waals surface area contributed by atoms with Gasteiger partial charge < -0.3 is 15.2 Å². The van der Waals surface area contributed by atoms with Crippen LogP contribution in [-0.4, -0.2) is 33.9 Å². The SMILES string of the molecule is O=C(Cc1c[nH]c2ccccc12)NCc1nccc(N2CCCCC2)n1. The molecular formula is C20H23N5O. The number of hydrogen-bond donors (Lipinski definition) is 2. The normalized spacial score (nSPS) is 14.5. The lowest BCUT2D eigenvalue weighted by Gasteiger charge is -2.27. The maximum atomic E-state index is 12.3. The Morgan fingerprint density at radius 3 is 2.88 bits per heavy atom. The van der Waals surface area contributed by atoms with Crippen molar-refractivity contribution in [1.29, 1.82) is 0 Å². The van der Waals surface area contributed by atoms with Gasteiger partial charge in [0.05, 0.1) is 13.0 Å². The van der Waals surface area contributed by atoms with Crippen LogP contribution in [0.5, 0.6) is 0 Å². The summed E-state index contributed by atoms with van der Waals surface area (Å²) in [6, 6.07) is 9.95. The Morgan fingerprint density at radius 1 is 1.15 bits per heavy atom. The molecule has 1 amide bonds. The van der Waals surface area contributed by atoms with E-state index in [0.717, 1.165) is 35.4 Å². The molecule has 0 atom stereocenters. The number of para-hydroxylation sites is 1. The molecule has 0 bridgehead atoms. The smallest absolute Gasteiger partial charge is 0.224 e. The molecule has 134 valence electrons. The van der Waals surface area contributed by atoms with Gasteiger partial charge in [-0.05, 0) is 37.0 Å². The van der Waals surface area contributed by atoms with Crippen LogP contribution in [0.3, 0.4) is 0 Å². The van der Waals surface area contributed by atoms with Crippen molar-refractivity contribution in [1.82, 2.24) is 20.3 Å². The van der Waals surface area contributed by atoms with Gasteiger partial charge in [0.25, 0.3) is 0 Å². The molecule has 6 nitrogen and oxygen atoms in total. The van der Waals surface area contributed by atoms with Crippen LogP contribution in [0, 0.1) is 0 Å². The van der Waals surface area contributed by atoms with Crippen LogP contribution >= 0.6 is 0 Å². The first-order chi connectivity index (χ1) is 12.8. The lowest BCUT2D eigenvalue weighted by molar-refractivity contribution is -0.120. The molecule has 3 heterocycles. The summed E-state index contributed by atoms with van der Waals surface area (Å²) < 4.78 is 0. The number of aromatic amines is 1. The molecule has 4 rings (SSSR count). The molecule has 1 aliphatic heterocycles. The molecule has 0 unspecified atom stereocenters. The average Bonchev–Trinajstić information content (AvgIpc) is 3.10. The molecule has 1 fully saturated rings. The topological polar surface area (TPSA) is 73.9 Å². The molecule has 0 spiro atoms.